The first-order chi connectivity index (χ1) is 15.4. The molecular formula is C24H22ClN3O3S. The minimum absolute atomic E-state index is 0.0817. The summed E-state index contributed by atoms with van der Waals surface area (Å²) in [5.41, 5.74) is 2.99. The van der Waals surface area contributed by atoms with Gasteiger partial charge in [0.15, 0.2) is 16.7 Å². The summed E-state index contributed by atoms with van der Waals surface area (Å²) in [6, 6.07) is 11.5. The summed E-state index contributed by atoms with van der Waals surface area (Å²) < 4.78 is 11.8. The van der Waals surface area contributed by atoms with Crippen LogP contribution in [0, 0.1) is 12.3 Å². The number of ether oxygens (including phenoxy) is 2. The number of thioether (sulfide) groups is 1. The van der Waals surface area contributed by atoms with Crippen molar-refractivity contribution in [1.29, 1.82) is 5.41 Å². The molecule has 0 aliphatic carbocycles. The number of nitrogens with one attached hydrogen (secondary N) is 1. The average Bonchev–Trinajstić information content (AvgIpc) is 3.11. The third kappa shape index (κ3) is 4.59. The van der Waals surface area contributed by atoms with E-state index in [-0.39, 0.29) is 11.4 Å². The Hall–Kier alpha value is -3.03. The Morgan fingerprint density at radius 3 is 2.78 bits per heavy atom. The Morgan fingerprint density at radius 1 is 1.22 bits per heavy atom. The zero-order valence-electron chi connectivity index (χ0n) is 17.9. The molecule has 2 heterocycles. The smallest absolute Gasteiger partial charge is 0.283 e. The highest BCUT2D eigenvalue weighted by Crippen LogP contribution is 2.39. The van der Waals surface area contributed by atoms with Crippen LogP contribution in [0.4, 0.5) is 0 Å². The first-order valence-corrected chi connectivity index (χ1v) is 11.3. The maximum absolute atomic E-state index is 12.6. The highest BCUT2D eigenvalue weighted by Gasteiger charge is 2.33. The number of benzene rings is 2. The molecule has 2 aliphatic heterocycles. The third-order valence-corrected chi connectivity index (χ3v) is 5.98. The van der Waals surface area contributed by atoms with Crippen LogP contribution in [0.5, 0.6) is 11.5 Å². The Bertz CT molecular complexity index is 1200. The van der Waals surface area contributed by atoms with E-state index in [1.54, 1.807) is 29.3 Å². The summed E-state index contributed by atoms with van der Waals surface area (Å²) in [7, 11) is 0. The van der Waals surface area contributed by atoms with Crippen LogP contribution in [0.25, 0.3) is 6.08 Å². The lowest BCUT2D eigenvalue weighted by molar-refractivity contribution is -0.114. The SMILES string of the molecule is CCOc1cc(C=C2C(=N)N3C=C(C)SC3=NC2=O)cc(Cl)c1OCc1cccc(C)c1. The van der Waals surface area contributed by atoms with Crippen LogP contribution < -0.4 is 9.47 Å². The lowest BCUT2D eigenvalue weighted by Crippen LogP contribution is -2.35. The summed E-state index contributed by atoms with van der Waals surface area (Å²) in [5.74, 6) is 0.548. The van der Waals surface area contributed by atoms with Gasteiger partial charge in [-0.15, -0.1) is 0 Å². The van der Waals surface area contributed by atoms with E-state index in [1.807, 2.05) is 39.0 Å². The number of allylic oxidation sites excluding steroid dienone is 1. The van der Waals surface area contributed by atoms with Crippen molar-refractivity contribution >= 4 is 46.3 Å². The summed E-state index contributed by atoms with van der Waals surface area (Å²) >= 11 is 7.92. The first kappa shape index (κ1) is 22.2. The molecule has 0 saturated heterocycles. The van der Waals surface area contributed by atoms with E-state index >= 15 is 0 Å². The molecule has 1 N–H and O–H groups in total. The molecular weight excluding hydrogens is 446 g/mol. The van der Waals surface area contributed by atoms with Gasteiger partial charge in [0.2, 0.25) is 0 Å². The summed E-state index contributed by atoms with van der Waals surface area (Å²) in [5, 5.41) is 9.33. The first-order valence-electron chi connectivity index (χ1n) is 10.1. The second-order valence-corrected chi connectivity index (χ2v) is 8.98. The monoisotopic (exact) mass is 467 g/mol. The van der Waals surface area contributed by atoms with Gasteiger partial charge in [-0.05, 0) is 50.1 Å². The Morgan fingerprint density at radius 2 is 2.03 bits per heavy atom. The zero-order valence-corrected chi connectivity index (χ0v) is 19.5. The Balaban J connectivity index is 1.64. The molecule has 1 amide bonds. The van der Waals surface area contributed by atoms with E-state index in [0.717, 1.165) is 16.0 Å². The minimum Gasteiger partial charge on any atom is -0.490 e. The number of fused-ring (bicyclic) bond motifs is 1. The van der Waals surface area contributed by atoms with Crippen LogP contribution in [0.2, 0.25) is 5.02 Å². The van der Waals surface area contributed by atoms with Gasteiger partial charge in [0.05, 0.1) is 17.2 Å². The molecule has 2 aromatic rings. The maximum atomic E-state index is 12.6. The average molecular weight is 468 g/mol. The third-order valence-electron chi connectivity index (χ3n) is 4.80. The molecule has 2 aromatic carbocycles. The molecule has 164 valence electrons. The molecule has 32 heavy (non-hydrogen) atoms. The summed E-state index contributed by atoms with van der Waals surface area (Å²) in [4.78, 5) is 19.2. The van der Waals surface area contributed by atoms with E-state index in [9.17, 15) is 4.79 Å². The van der Waals surface area contributed by atoms with Crippen molar-refractivity contribution < 1.29 is 14.3 Å². The fourth-order valence-corrected chi connectivity index (χ4v) is 4.49. The molecule has 2 aliphatic rings. The van der Waals surface area contributed by atoms with Crippen LogP contribution in [-0.4, -0.2) is 28.4 Å². The van der Waals surface area contributed by atoms with Crippen molar-refractivity contribution in [3.05, 3.63) is 74.8 Å². The standard InChI is InChI=1S/C24H22ClN3O3S/c1-4-30-20-11-17(9-18-22(26)28-12-15(3)32-24(28)27-23(18)29)10-19(25)21(20)31-13-16-7-5-6-14(2)8-16/h5-12,26H,4,13H2,1-3H3. The zero-order chi connectivity index (χ0) is 22.8. The molecule has 6 nitrogen and oxygen atoms in total. The second-order valence-electron chi connectivity index (χ2n) is 7.36. The summed E-state index contributed by atoms with van der Waals surface area (Å²) in [6.07, 6.45) is 3.41. The number of hydrogen-bond donors (Lipinski definition) is 1. The quantitative estimate of drug-likeness (QED) is 0.544. The number of rotatable bonds is 6. The van der Waals surface area contributed by atoms with Crippen molar-refractivity contribution in [1.82, 2.24) is 4.90 Å². The van der Waals surface area contributed by atoms with E-state index < -0.39 is 5.91 Å². The predicted octanol–water partition coefficient (Wildman–Crippen LogP) is 5.79. The molecule has 8 heteroatoms. The van der Waals surface area contributed by atoms with E-state index in [4.69, 9.17) is 26.5 Å². The number of amides is 1. The van der Waals surface area contributed by atoms with E-state index in [1.165, 1.54) is 11.8 Å². The van der Waals surface area contributed by atoms with Gasteiger partial charge in [0.25, 0.3) is 5.91 Å². The van der Waals surface area contributed by atoms with Crippen LogP contribution in [-0.2, 0) is 11.4 Å². The molecule has 0 atom stereocenters. The number of aryl methyl sites for hydroxylation is 1. The number of aliphatic imine (C=N–C) groups is 1. The maximum Gasteiger partial charge on any atom is 0.283 e. The summed E-state index contributed by atoms with van der Waals surface area (Å²) in [6.45, 7) is 6.59. The van der Waals surface area contributed by atoms with Crippen LogP contribution in [0.1, 0.15) is 30.5 Å². The lowest BCUT2D eigenvalue weighted by Gasteiger charge is -2.22. The lowest BCUT2D eigenvalue weighted by atomic mass is 10.1. The van der Waals surface area contributed by atoms with Crippen LogP contribution in [0.15, 0.2) is 58.1 Å². The van der Waals surface area contributed by atoms with E-state index in [2.05, 4.69) is 11.1 Å². The minimum atomic E-state index is -0.453. The van der Waals surface area contributed by atoms with Crippen molar-refractivity contribution in [2.45, 2.75) is 27.4 Å². The number of hydrogen-bond acceptors (Lipinski definition) is 5. The van der Waals surface area contributed by atoms with Gasteiger partial charge in [-0.1, -0.05) is 53.2 Å². The highest BCUT2D eigenvalue weighted by atomic mass is 35.5. The molecule has 0 aromatic heterocycles. The van der Waals surface area contributed by atoms with Crippen LogP contribution in [0.3, 0.4) is 0 Å². The van der Waals surface area contributed by atoms with Crippen molar-refractivity contribution in [2.75, 3.05) is 6.61 Å². The van der Waals surface area contributed by atoms with Crippen molar-refractivity contribution in [2.24, 2.45) is 4.99 Å². The molecule has 0 spiro atoms. The Labute approximate surface area is 196 Å². The highest BCUT2D eigenvalue weighted by molar-refractivity contribution is 8.17. The normalized spacial score (nSPS) is 16.8. The van der Waals surface area contributed by atoms with Gasteiger partial charge in [-0.25, -0.2) is 0 Å². The molecule has 0 radical (unpaired) electrons. The predicted molar refractivity (Wildman–Crippen MR) is 129 cm³/mol. The number of halogens is 1. The van der Waals surface area contributed by atoms with Gasteiger partial charge in [-0.3, -0.25) is 15.1 Å². The molecule has 0 unspecified atom stereocenters. The Kier molecular flexibility index (Phi) is 6.39. The number of amidine groups is 2. The van der Waals surface area contributed by atoms with Gasteiger partial charge < -0.3 is 9.47 Å². The fourth-order valence-electron chi connectivity index (χ4n) is 3.40. The van der Waals surface area contributed by atoms with Crippen molar-refractivity contribution in [3.63, 3.8) is 0 Å². The molecule has 0 saturated carbocycles. The largest absolute Gasteiger partial charge is 0.490 e. The van der Waals surface area contributed by atoms with E-state index in [0.29, 0.717) is 40.5 Å². The fraction of sp³-hybridized carbons (Fsp3) is 0.208. The second kappa shape index (κ2) is 9.22. The topological polar surface area (TPSA) is 75.0 Å². The van der Waals surface area contributed by atoms with Crippen molar-refractivity contribution in [3.8, 4) is 11.5 Å². The number of nitrogens with zero attached hydrogens (tertiary/aromatic N) is 2. The van der Waals surface area contributed by atoms with Gasteiger partial charge in [-0.2, -0.15) is 4.99 Å². The molecule has 0 fully saturated rings. The number of carbonyl (C=O) groups excluding carboxylic acids is 1. The van der Waals surface area contributed by atoms with Gasteiger partial charge in [0.1, 0.15) is 12.4 Å². The van der Waals surface area contributed by atoms with Crippen LogP contribution >= 0.6 is 23.4 Å². The molecule has 0 bridgehead atoms. The van der Waals surface area contributed by atoms with Gasteiger partial charge in [0, 0.05) is 11.1 Å². The van der Waals surface area contributed by atoms with Gasteiger partial charge >= 0.3 is 0 Å². The number of carbonyl (C=O) groups is 1. The molecule has 4 rings (SSSR count).